The third-order valence-electron chi connectivity index (χ3n) is 3.87. The Labute approximate surface area is 141 Å². The molecule has 1 nitrogen and oxygen atoms in total. The van der Waals surface area contributed by atoms with E-state index in [0.717, 1.165) is 25.2 Å². The molecule has 128 valence electrons. The Kier molecular flexibility index (Phi) is 12.2. The van der Waals surface area contributed by atoms with E-state index in [2.05, 4.69) is 11.8 Å². The SMILES string of the molecule is CCOCCCCCCCCCCCC#Cc1ccc(F)cc1. The molecule has 2 heteroatoms. The van der Waals surface area contributed by atoms with Crippen LogP contribution in [0, 0.1) is 17.7 Å². The van der Waals surface area contributed by atoms with Crippen LogP contribution >= 0.6 is 0 Å². The molecule has 0 spiro atoms. The van der Waals surface area contributed by atoms with Gasteiger partial charge in [0.25, 0.3) is 0 Å². The maximum atomic E-state index is 12.7. The number of rotatable bonds is 12. The molecule has 0 unspecified atom stereocenters. The molecule has 0 aliphatic rings. The average Bonchev–Trinajstić information content (AvgIpc) is 2.57. The van der Waals surface area contributed by atoms with Crippen LogP contribution in [0.1, 0.15) is 76.7 Å². The van der Waals surface area contributed by atoms with Crippen molar-refractivity contribution in [3.8, 4) is 11.8 Å². The van der Waals surface area contributed by atoms with Crippen LogP contribution in [0.2, 0.25) is 0 Å². The van der Waals surface area contributed by atoms with Gasteiger partial charge in [0.05, 0.1) is 0 Å². The summed E-state index contributed by atoms with van der Waals surface area (Å²) in [6.45, 7) is 3.82. The van der Waals surface area contributed by atoms with Crippen molar-refractivity contribution in [1.29, 1.82) is 0 Å². The van der Waals surface area contributed by atoms with Crippen molar-refractivity contribution in [3.05, 3.63) is 35.6 Å². The van der Waals surface area contributed by atoms with Crippen LogP contribution in [-0.2, 0) is 4.74 Å². The number of unbranched alkanes of at least 4 members (excludes halogenated alkanes) is 9. The van der Waals surface area contributed by atoms with Gasteiger partial charge in [-0.25, -0.2) is 4.39 Å². The normalized spacial score (nSPS) is 10.3. The van der Waals surface area contributed by atoms with Gasteiger partial charge in [0.1, 0.15) is 5.82 Å². The molecule has 0 aliphatic heterocycles. The Bertz CT molecular complexity index is 441. The summed E-state index contributed by atoms with van der Waals surface area (Å²) in [5.74, 6) is 6.05. The van der Waals surface area contributed by atoms with Crippen molar-refractivity contribution < 1.29 is 9.13 Å². The Hall–Kier alpha value is -1.33. The van der Waals surface area contributed by atoms with E-state index in [1.165, 1.54) is 69.9 Å². The van der Waals surface area contributed by atoms with Gasteiger partial charge in [-0.3, -0.25) is 0 Å². The van der Waals surface area contributed by atoms with Gasteiger partial charge in [0.15, 0.2) is 0 Å². The smallest absolute Gasteiger partial charge is 0.123 e. The van der Waals surface area contributed by atoms with Crippen LogP contribution < -0.4 is 0 Å². The van der Waals surface area contributed by atoms with Crippen molar-refractivity contribution in [3.63, 3.8) is 0 Å². The highest BCUT2D eigenvalue weighted by atomic mass is 19.1. The summed E-state index contributed by atoms with van der Waals surface area (Å²) in [6, 6.07) is 6.38. The van der Waals surface area contributed by atoms with E-state index in [1.807, 2.05) is 6.92 Å². The minimum absolute atomic E-state index is 0.204. The van der Waals surface area contributed by atoms with Crippen molar-refractivity contribution in [2.45, 2.75) is 71.1 Å². The second kappa shape index (κ2) is 14.3. The summed E-state index contributed by atoms with van der Waals surface area (Å²) >= 11 is 0. The molecule has 0 heterocycles. The molecule has 23 heavy (non-hydrogen) atoms. The van der Waals surface area contributed by atoms with E-state index in [4.69, 9.17) is 4.74 Å². The largest absolute Gasteiger partial charge is 0.382 e. The predicted octanol–water partition coefficient (Wildman–Crippen LogP) is 6.11. The summed E-state index contributed by atoms with van der Waals surface area (Å²) in [6.07, 6.45) is 12.6. The third kappa shape index (κ3) is 11.8. The molecule has 1 aromatic rings. The fraction of sp³-hybridized carbons (Fsp3) is 0.619. The standard InChI is InChI=1S/C21H31FO/c1-2-23-19-13-11-9-7-5-3-4-6-8-10-12-14-20-15-17-21(22)18-16-20/h15-18H,2-11,13,19H2,1H3. The first kappa shape index (κ1) is 19.7. The molecule has 0 aromatic heterocycles. The maximum Gasteiger partial charge on any atom is 0.123 e. The van der Waals surface area contributed by atoms with Gasteiger partial charge in [-0.15, -0.1) is 0 Å². The number of ether oxygens (including phenoxy) is 1. The molecule has 0 saturated carbocycles. The van der Waals surface area contributed by atoms with E-state index < -0.39 is 0 Å². The topological polar surface area (TPSA) is 9.23 Å². The quantitative estimate of drug-likeness (QED) is 0.333. The summed E-state index contributed by atoms with van der Waals surface area (Å²) in [5, 5.41) is 0. The van der Waals surface area contributed by atoms with Crippen molar-refractivity contribution in [2.75, 3.05) is 13.2 Å². The van der Waals surface area contributed by atoms with Crippen LogP contribution in [0.3, 0.4) is 0 Å². The van der Waals surface area contributed by atoms with E-state index in [0.29, 0.717) is 0 Å². The number of hydrogen-bond donors (Lipinski definition) is 0. The summed E-state index contributed by atoms with van der Waals surface area (Å²) in [5.41, 5.74) is 0.899. The molecule has 1 aromatic carbocycles. The Morgan fingerprint density at radius 3 is 2.00 bits per heavy atom. The summed E-state index contributed by atoms with van der Waals surface area (Å²) < 4.78 is 18.1. The lowest BCUT2D eigenvalue weighted by Gasteiger charge is -2.02. The van der Waals surface area contributed by atoms with Crippen molar-refractivity contribution >= 4 is 0 Å². The number of benzene rings is 1. The zero-order chi connectivity index (χ0) is 16.6. The Balaban J connectivity index is 1.86. The molecule has 0 atom stereocenters. The number of halogens is 1. The molecule has 1 rings (SSSR count). The van der Waals surface area contributed by atoms with Crippen LogP contribution in [0.25, 0.3) is 0 Å². The molecule has 0 radical (unpaired) electrons. The van der Waals surface area contributed by atoms with E-state index in [-0.39, 0.29) is 5.82 Å². The molecular formula is C21H31FO. The van der Waals surface area contributed by atoms with Crippen molar-refractivity contribution in [2.24, 2.45) is 0 Å². The predicted molar refractivity (Wildman–Crippen MR) is 95.9 cm³/mol. The van der Waals surface area contributed by atoms with Gasteiger partial charge in [-0.2, -0.15) is 0 Å². The third-order valence-corrected chi connectivity index (χ3v) is 3.87. The van der Waals surface area contributed by atoms with Crippen LogP contribution in [-0.4, -0.2) is 13.2 Å². The highest BCUT2D eigenvalue weighted by Crippen LogP contribution is 2.10. The lowest BCUT2D eigenvalue weighted by Crippen LogP contribution is -1.92. The molecule has 0 fully saturated rings. The fourth-order valence-corrected chi connectivity index (χ4v) is 2.50. The van der Waals surface area contributed by atoms with Gasteiger partial charge in [0, 0.05) is 25.2 Å². The first-order valence-electron chi connectivity index (χ1n) is 9.15. The second-order valence-corrected chi connectivity index (χ2v) is 5.94. The zero-order valence-corrected chi connectivity index (χ0v) is 14.6. The van der Waals surface area contributed by atoms with Gasteiger partial charge in [0.2, 0.25) is 0 Å². The average molecular weight is 318 g/mol. The second-order valence-electron chi connectivity index (χ2n) is 5.94. The van der Waals surface area contributed by atoms with Gasteiger partial charge < -0.3 is 4.74 Å². The van der Waals surface area contributed by atoms with E-state index in [1.54, 1.807) is 12.1 Å². The number of hydrogen-bond acceptors (Lipinski definition) is 1. The highest BCUT2D eigenvalue weighted by Gasteiger charge is 1.93. The molecule has 0 N–H and O–H groups in total. The summed E-state index contributed by atoms with van der Waals surface area (Å²) in [4.78, 5) is 0. The van der Waals surface area contributed by atoms with Crippen LogP contribution in [0.5, 0.6) is 0 Å². The molecule has 0 saturated heterocycles. The molecule has 0 amide bonds. The minimum Gasteiger partial charge on any atom is -0.382 e. The lowest BCUT2D eigenvalue weighted by atomic mass is 10.1. The van der Waals surface area contributed by atoms with Gasteiger partial charge in [-0.1, -0.05) is 56.8 Å². The van der Waals surface area contributed by atoms with Gasteiger partial charge in [-0.05, 0) is 44.0 Å². The summed E-state index contributed by atoms with van der Waals surface area (Å²) in [7, 11) is 0. The van der Waals surface area contributed by atoms with Crippen molar-refractivity contribution in [1.82, 2.24) is 0 Å². The van der Waals surface area contributed by atoms with Crippen LogP contribution in [0.4, 0.5) is 4.39 Å². The zero-order valence-electron chi connectivity index (χ0n) is 14.6. The van der Waals surface area contributed by atoms with E-state index >= 15 is 0 Å². The van der Waals surface area contributed by atoms with E-state index in [9.17, 15) is 4.39 Å². The fourth-order valence-electron chi connectivity index (χ4n) is 2.50. The molecule has 0 bridgehead atoms. The molecule has 0 aliphatic carbocycles. The Morgan fingerprint density at radius 2 is 1.39 bits per heavy atom. The minimum atomic E-state index is -0.204. The lowest BCUT2D eigenvalue weighted by molar-refractivity contribution is 0.143. The maximum absolute atomic E-state index is 12.7. The highest BCUT2D eigenvalue weighted by molar-refractivity contribution is 5.33. The molecular weight excluding hydrogens is 287 g/mol. The first-order chi connectivity index (χ1) is 11.3. The van der Waals surface area contributed by atoms with Crippen LogP contribution in [0.15, 0.2) is 24.3 Å². The monoisotopic (exact) mass is 318 g/mol. The first-order valence-corrected chi connectivity index (χ1v) is 9.15. The van der Waals surface area contributed by atoms with Gasteiger partial charge >= 0.3 is 0 Å². The Morgan fingerprint density at radius 1 is 0.826 bits per heavy atom.